The van der Waals surface area contributed by atoms with Gasteiger partial charge in [0.1, 0.15) is 18.1 Å². The van der Waals surface area contributed by atoms with E-state index in [0.717, 1.165) is 0 Å². The van der Waals surface area contributed by atoms with Crippen molar-refractivity contribution in [2.75, 3.05) is 26.4 Å². The summed E-state index contributed by atoms with van der Waals surface area (Å²) < 4.78 is 11.2. The number of phenolic OH excluding ortho intramolecular Hbond substituents is 1. The molecule has 0 spiro atoms. The monoisotopic (exact) mass is 341 g/mol. The van der Waals surface area contributed by atoms with Crippen molar-refractivity contribution in [3.05, 3.63) is 59.7 Å². The summed E-state index contributed by atoms with van der Waals surface area (Å²) in [6.07, 6.45) is 0.551. The van der Waals surface area contributed by atoms with Crippen molar-refractivity contribution >= 4 is 12.2 Å². The van der Waals surface area contributed by atoms with Gasteiger partial charge in [-0.05, 0) is 24.3 Å². The Morgan fingerprint density at radius 2 is 2.04 bits per heavy atom. The first kappa shape index (κ1) is 17.0. The highest BCUT2D eigenvalue weighted by atomic mass is 16.5. The van der Waals surface area contributed by atoms with Crippen molar-refractivity contribution in [1.29, 1.82) is 0 Å². The van der Waals surface area contributed by atoms with Gasteiger partial charge >= 0.3 is 0 Å². The number of phenols is 1. The Kier molecular flexibility index (Phi) is 5.30. The van der Waals surface area contributed by atoms with E-state index in [1.165, 1.54) is 6.07 Å². The molecular formula is C19H19NO5. The molecule has 2 aromatic carbocycles. The molecule has 1 heterocycles. The van der Waals surface area contributed by atoms with E-state index in [4.69, 9.17) is 9.47 Å². The van der Waals surface area contributed by atoms with Crippen molar-refractivity contribution in [3.63, 3.8) is 0 Å². The van der Waals surface area contributed by atoms with E-state index in [1.54, 1.807) is 29.2 Å². The smallest absolute Gasteiger partial charge is 0.254 e. The summed E-state index contributed by atoms with van der Waals surface area (Å²) in [6.45, 7) is 1.47. The quantitative estimate of drug-likeness (QED) is 0.843. The highest BCUT2D eigenvalue weighted by molar-refractivity contribution is 5.94. The maximum Gasteiger partial charge on any atom is 0.254 e. The van der Waals surface area contributed by atoms with Crippen LogP contribution in [0.15, 0.2) is 48.5 Å². The molecule has 0 aliphatic carbocycles. The lowest BCUT2D eigenvalue weighted by Gasteiger charge is -2.35. The molecule has 6 nitrogen and oxygen atoms in total. The predicted octanol–water partition coefficient (Wildman–Crippen LogP) is 2.12. The van der Waals surface area contributed by atoms with E-state index < -0.39 is 0 Å². The van der Waals surface area contributed by atoms with Crippen LogP contribution >= 0.6 is 0 Å². The molecule has 1 amide bonds. The summed E-state index contributed by atoms with van der Waals surface area (Å²) in [5.41, 5.74) is 0.709. The molecule has 1 aliphatic rings. The Morgan fingerprint density at radius 1 is 1.24 bits per heavy atom. The second-order valence-corrected chi connectivity index (χ2v) is 5.71. The maximum absolute atomic E-state index is 12.7. The van der Waals surface area contributed by atoms with Crippen LogP contribution in [0.25, 0.3) is 0 Å². The van der Waals surface area contributed by atoms with Gasteiger partial charge in [0.15, 0.2) is 6.29 Å². The van der Waals surface area contributed by atoms with Gasteiger partial charge in [0.2, 0.25) is 0 Å². The number of amides is 1. The van der Waals surface area contributed by atoms with E-state index in [0.29, 0.717) is 31.6 Å². The predicted molar refractivity (Wildman–Crippen MR) is 91.1 cm³/mol. The molecular weight excluding hydrogens is 322 g/mol. The van der Waals surface area contributed by atoms with E-state index in [9.17, 15) is 14.7 Å². The van der Waals surface area contributed by atoms with Crippen LogP contribution in [0, 0.1) is 0 Å². The van der Waals surface area contributed by atoms with Gasteiger partial charge in [-0.25, -0.2) is 0 Å². The molecule has 1 atom stereocenters. The Hall–Kier alpha value is -2.86. The van der Waals surface area contributed by atoms with Gasteiger partial charge < -0.3 is 19.5 Å². The van der Waals surface area contributed by atoms with Crippen LogP contribution in [0.5, 0.6) is 11.5 Å². The molecule has 0 radical (unpaired) electrons. The lowest BCUT2D eigenvalue weighted by Crippen LogP contribution is -2.51. The molecule has 1 aliphatic heterocycles. The number of benzene rings is 2. The van der Waals surface area contributed by atoms with Gasteiger partial charge in [0, 0.05) is 12.1 Å². The average molecular weight is 341 g/mol. The molecule has 1 unspecified atom stereocenters. The average Bonchev–Trinajstić information content (AvgIpc) is 2.67. The summed E-state index contributed by atoms with van der Waals surface area (Å²) in [5, 5.41) is 9.72. The van der Waals surface area contributed by atoms with Gasteiger partial charge in [-0.1, -0.05) is 24.3 Å². The maximum atomic E-state index is 12.7. The van der Waals surface area contributed by atoms with Crippen LogP contribution in [-0.4, -0.2) is 54.6 Å². The summed E-state index contributed by atoms with van der Waals surface area (Å²) in [4.78, 5) is 25.6. The lowest BCUT2D eigenvalue weighted by molar-refractivity contribution is -0.0151. The number of hydrogen-bond acceptors (Lipinski definition) is 5. The fraction of sp³-hybridized carbons (Fsp3) is 0.263. The fourth-order valence-corrected chi connectivity index (χ4v) is 2.77. The number of carbonyl (C=O) groups is 2. The number of hydrogen-bond donors (Lipinski definition) is 1. The largest absolute Gasteiger partial charge is 0.507 e. The number of ether oxygens (including phenoxy) is 2. The first-order chi connectivity index (χ1) is 12.2. The second kappa shape index (κ2) is 7.81. The highest BCUT2D eigenvalue weighted by Crippen LogP contribution is 2.26. The number of morpholine rings is 1. The van der Waals surface area contributed by atoms with Crippen molar-refractivity contribution in [2.24, 2.45) is 0 Å². The van der Waals surface area contributed by atoms with Gasteiger partial charge in [-0.2, -0.15) is 0 Å². The van der Waals surface area contributed by atoms with Crippen molar-refractivity contribution in [2.45, 2.75) is 6.04 Å². The van der Waals surface area contributed by atoms with Crippen LogP contribution < -0.4 is 4.74 Å². The number of rotatable bonds is 5. The Morgan fingerprint density at radius 3 is 2.80 bits per heavy atom. The molecule has 2 aromatic rings. The van der Waals surface area contributed by atoms with Crippen molar-refractivity contribution in [1.82, 2.24) is 4.90 Å². The number of nitrogens with zero attached hydrogens (tertiary/aromatic N) is 1. The van der Waals surface area contributed by atoms with Gasteiger partial charge in [0.05, 0.1) is 24.8 Å². The molecule has 130 valence electrons. The van der Waals surface area contributed by atoms with Gasteiger partial charge in [-0.15, -0.1) is 0 Å². The van der Waals surface area contributed by atoms with E-state index in [-0.39, 0.29) is 35.6 Å². The minimum absolute atomic E-state index is 0.0796. The molecule has 0 saturated carbocycles. The van der Waals surface area contributed by atoms with Gasteiger partial charge in [-0.3, -0.25) is 9.59 Å². The van der Waals surface area contributed by atoms with Crippen LogP contribution in [0.4, 0.5) is 0 Å². The molecule has 1 saturated heterocycles. The lowest BCUT2D eigenvalue weighted by atomic mass is 10.1. The first-order valence-corrected chi connectivity index (χ1v) is 8.04. The van der Waals surface area contributed by atoms with Gasteiger partial charge in [0.25, 0.3) is 5.91 Å². The zero-order valence-electron chi connectivity index (χ0n) is 13.6. The summed E-state index contributed by atoms with van der Waals surface area (Å²) >= 11 is 0. The van der Waals surface area contributed by atoms with Crippen molar-refractivity contribution in [3.8, 4) is 11.5 Å². The third kappa shape index (κ3) is 3.80. The standard InChI is InChI=1S/C19H19NO5/c21-11-16-17(22)7-4-8-18(16)25-13-15-12-24-10-9-20(15)19(23)14-5-2-1-3-6-14/h1-8,11,15,22H,9-10,12-13H2. The summed E-state index contributed by atoms with van der Waals surface area (Å²) in [7, 11) is 0. The van der Waals surface area contributed by atoms with E-state index in [1.807, 2.05) is 18.2 Å². The third-order valence-electron chi connectivity index (χ3n) is 4.10. The number of aromatic hydroxyl groups is 1. The van der Waals surface area contributed by atoms with E-state index >= 15 is 0 Å². The molecule has 6 heteroatoms. The minimum atomic E-state index is -0.275. The molecule has 1 N–H and O–H groups in total. The van der Waals surface area contributed by atoms with Crippen LogP contribution in [0.3, 0.4) is 0 Å². The Balaban J connectivity index is 1.73. The zero-order valence-corrected chi connectivity index (χ0v) is 13.6. The molecule has 1 fully saturated rings. The van der Waals surface area contributed by atoms with Crippen LogP contribution in [0.2, 0.25) is 0 Å². The first-order valence-electron chi connectivity index (χ1n) is 8.04. The number of carbonyl (C=O) groups excluding carboxylic acids is 2. The second-order valence-electron chi connectivity index (χ2n) is 5.71. The third-order valence-corrected chi connectivity index (χ3v) is 4.10. The summed E-state index contributed by atoms with van der Waals surface area (Å²) in [6, 6.07) is 13.4. The number of aldehydes is 1. The topological polar surface area (TPSA) is 76.1 Å². The summed E-state index contributed by atoms with van der Waals surface area (Å²) in [5.74, 6) is 0.0707. The molecule has 25 heavy (non-hydrogen) atoms. The molecule has 0 bridgehead atoms. The van der Waals surface area contributed by atoms with E-state index in [2.05, 4.69) is 0 Å². The Labute approximate surface area is 145 Å². The Bertz CT molecular complexity index is 747. The normalized spacial score (nSPS) is 17.1. The SMILES string of the molecule is O=Cc1c(O)cccc1OCC1COCCN1C(=O)c1ccccc1. The minimum Gasteiger partial charge on any atom is -0.507 e. The zero-order chi connectivity index (χ0) is 17.6. The fourth-order valence-electron chi connectivity index (χ4n) is 2.77. The van der Waals surface area contributed by atoms with Crippen LogP contribution in [0.1, 0.15) is 20.7 Å². The molecule has 0 aromatic heterocycles. The van der Waals surface area contributed by atoms with Crippen molar-refractivity contribution < 1.29 is 24.2 Å². The van der Waals surface area contributed by atoms with Crippen LogP contribution in [-0.2, 0) is 4.74 Å². The molecule has 3 rings (SSSR count). The highest BCUT2D eigenvalue weighted by Gasteiger charge is 2.29.